The van der Waals surface area contributed by atoms with E-state index in [1.807, 2.05) is 11.9 Å². The van der Waals surface area contributed by atoms with Gasteiger partial charge in [0.05, 0.1) is 6.20 Å². The van der Waals surface area contributed by atoms with Crippen molar-refractivity contribution >= 4 is 29.0 Å². The molecule has 0 aliphatic carbocycles. The first-order valence-corrected chi connectivity index (χ1v) is 6.54. The summed E-state index contributed by atoms with van der Waals surface area (Å²) in [7, 11) is 1.97. The molecule has 6 heteroatoms. The van der Waals surface area contributed by atoms with E-state index in [1.54, 1.807) is 6.20 Å². The number of hydrogen-bond acceptors (Lipinski definition) is 4. The first-order chi connectivity index (χ1) is 8.16. The summed E-state index contributed by atoms with van der Waals surface area (Å²) in [5.41, 5.74) is 0. The van der Waals surface area contributed by atoms with Gasteiger partial charge in [0.25, 0.3) is 0 Å². The monoisotopic (exact) mass is 274 g/mol. The number of halogens is 2. The van der Waals surface area contributed by atoms with Crippen LogP contribution in [0.2, 0.25) is 10.3 Å². The molecule has 0 unspecified atom stereocenters. The standard InChI is InChI=1S/C11H16Cl2N4/c1-16(6-7-17-4-2-3-5-17)10-9(12)8-14-11(13)15-10/h8H,2-7H2,1H3. The summed E-state index contributed by atoms with van der Waals surface area (Å²) in [5.74, 6) is 0.700. The van der Waals surface area contributed by atoms with Gasteiger partial charge in [-0.1, -0.05) is 11.6 Å². The van der Waals surface area contributed by atoms with Crippen molar-refractivity contribution in [3.63, 3.8) is 0 Å². The fourth-order valence-electron chi connectivity index (χ4n) is 2.01. The summed E-state index contributed by atoms with van der Waals surface area (Å²) >= 11 is 11.8. The highest BCUT2D eigenvalue weighted by atomic mass is 35.5. The van der Waals surface area contributed by atoms with Gasteiger partial charge in [-0.15, -0.1) is 0 Å². The maximum atomic E-state index is 6.05. The Bertz CT molecular complexity index is 380. The molecule has 0 bridgehead atoms. The zero-order valence-corrected chi connectivity index (χ0v) is 11.4. The minimum absolute atomic E-state index is 0.234. The van der Waals surface area contributed by atoms with E-state index in [4.69, 9.17) is 23.2 Å². The summed E-state index contributed by atoms with van der Waals surface area (Å²) in [6, 6.07) is 0. The fraction of sp³-hybridized carbons (Fsp3) is 0.636. The maximum Gasteiger partial charge on any atom is 0.224 e. The zero-order chi connectivity index (χ0) is 12.3. The van der Waals surface area contributed by atoms with Gasteiger partial charge in [-0.2, -0.15) is 4.98 Å². The molecule has 0 aromatic carbocycles. The Morgan fingerprint density at radius 3 is 2.76 bits per heavy atom. The van der Waals surface area contributed by atoms with Crippen LogP contribution in [0.25, 0.3) is 0 Å². The Morgan fingerprint density at radius 2 is 2.06 bits per heavy atom. The summed E-state index contributed by atoms with van der Waals surface area (Å²) in [4.78, 5) is 12.5. The highest BCUT2D eigenvalue weighted by Crippen LogP contribution is 2.22. The van der Waals surface area contributed by atoms with Gasteiger partial charge in [-0.3, -0.25) is 0 Å². The van der Waals surface area contributed by atoms with Crippen molar-refractivity contribution in [2.45, 2.75) is 12.8 Å². The minimum Gasteiger partial charge on any atom is -0.357 e. The Morgan fingerprint density at radius 1 is 1.35 bits per heavy atom. The van der Waals surface area contributed by atoms with Gasteiger partial charge in [0, 0.05) is 20.1 Å². The zero-order valence-electron chi connectivity index (χ0n) is 9.86. The molecular formula is C11H16Cl2N4. The number of aromatic nitrogens is 2. The quantitative estimate of drug-likeness (QED) is 0.789. The van der Waals surface area contributed by atoms with E-state index in [0.29, 0.717) is 10.8 Å². The molecular weight excluding hydrogens is 259 g/mol. The second-order valence-corrected chi connectivity index (χ2v) is 5.03. The average molecular weight is 275 g/mol. The SMILES string of the molecule is CN(CCN1CCCC1)c1nc(Cl)ncc1Cl. The van der Waals surface area contributed by atoms with E-state index >= 15 is 0 Å². The number of rotatable bonds is 4. The number of hydrogen-bond donors (Lipinski definition) is 0. The summed E-state index contributed by atoms with van der Waals surface area (Å²) in [6.07, 6.45) is 4.16. The van der Waals surface area contributed by atoms with E-state index in [0.717, 1.165) is 13.1 Å². The molecule has 2 rings (SSSR count). The number of likely N-dealkylation sites (tertiary alicyclic amines) is 1. The van der Waals surface area contributed by atoms with Crippen molar-refractivity contribution in [1.82, 2.24) is 14.9 Å². The van der Waals surface area contributed by atoms with Crippen molar-refractivity contribution in [2.75, 3.05) is 38.1 Å². The third-order valence-electron chi connectivity index (χ3n) is 3.01. The molecule has 0 N–H and O–H groups in total. The van der Waals surface area contributed by atoms with Crippen LogP contribution in [-0.4, -0.2) is 48.1 Å². The largest absolute Gasteiger partial charge is 0.357 e. The van der Waals surface area contributed by atoms with Gasteiger partial charge < -0.3 is 9.80 Å². The molecule has 4 nitrogen and oxygen atoms in total. The molecule has 0 spiro atoms. The van der Waals surface area contributed by atoms with Crippen LogP contribution in [0.3, 0.4) is 0 Å². The third-order valence-corrected chi connectivity index (χ3v) is 3.46. The summed E-state index contributed by atoms with van der Waals surface area (Å²) < 4.78 is 0. The average Bonchev–Trinajstić information content (AvgIpc) is 2.82. The van der Waals surface area contributed by atoms with Crippen molar-refractivity contribution in [2.24, 2.45) is 0 Å². The van der Waals surface area contributed by atoms with Crippen molar-refractivity contribution in [1.29, 1.82) is 0 Å². The first kappa shape index (κ1) is 12.9. The van der Waals surface area contributed by atoms with Crippen LogP contribution >= 0.6 is 23.2 Å². The van der Waals surface area contributed by atoms with Crippen LogP contribution in [0.1, 0.15) is 12.8 Å². The topological polar surface area (TPSA) is 32.3 Å². The molecule has 2 heterocycles. The van der Waals surface area contributed by atoms with Gasteiger partial charge in [0.1, 0.15) is 5.02 Å². The normalized spacial score (nSPS) is 16.4. The van der Waals surface area contributed by atoms with Crippen LogP contribution in [0.15, 0.2) is 6.20 Å². The van der Waals surface area contributed by atoms with E-state index in [9.17, 15) is 0 Å². The Hall–Kier alpha value is -0.580. The smallest absolute Gasteiger partial charge is 0.224 e. The molecule has 94 valence electrons. The van der Waals surface area contributed by atoms with Gasteiger partial charge in [0.2, 0.25) is 5.28 Å². The molecule has 1 fully saturated rings. The number of nitrogens with zero attached hydrogens (tertiary/aromatic N) is 4. The first-order valence-electron chi connectivity index (χ1n) is 5.78. The molecule has 0 amide bonds. The highest BCUT2D eigenvalue weighted by molar-refractivity contribution is 6.33. The Balaban J connectivity index is 1.93. The molecule has 0 saturated carbocycles. The minimum atomic E-state index is 0.234. The van der Waals surface area contributed by atoms with Crippen molar-refractivity contribution in [3.05, 3.63) is 16.5 Å². The molecule has 1 saturated heterocycles. The second kappa shape index (κ2) is 5.85. The van der Waals surface area contributed by atoms with Gasteiger partial charge in [-0.25, -0.2) is 4.98 Å². The van der Waals surface area contributed by atoms with E-state index < -0.39 is 0 Å². The number of anilines is 1. The van der Waals surface area contributed by atoms with Gasteiger partial charge in [0.15, 0.2) is 5.82 Å². The summed E-state index contributed by atoms with van der Waals surface area (Å²) in [6.45, 7) is 4.33. The highest BCUT2D eigenvalue weighted by Gasteiger charge is 2.14. The van der Waals surface area contributed by atoms with Crippen molar-refractivity contribution in [3.8, 4) is 0 Å². The van der Waals surface area contributed by atoms with Crippen LogP contribution in [0, 0.1) is 0 Å². The molecule has 17 heavy (non-hydrogen) atoms. The lowest BCUT2D eigenvalue weighted by atomic mass is 10.4. The van der Waals surface area contributed by atoms with Crippen LogP contribution in [0.5, 0.6) is 0 Å². The lowest BCUT2D eigenvalue weighted by molar-refractivity contribution is 0.346. The maximum absolute atomic E-state index is 6.05. The van der Waals surface area contributed by atoms with Crippen LogP contribution in [-0.2, 0) is 0 Å². The molecule has 0 radical (unpaired) electrons. The fourth-order valence-corrected chi connectivity index (χ4v) is 2.37. The van der Waals surface area contributed by atoms with E-state index in [1.165, 1.54) is 25.9 Å². The Labute approximate surface area is 112 Å². The number of likely N-dealkylation sites (N-methyl/N-ethyl adjacent to an activating group) is 1. The van der Waals surface area contributed by atoms with Gasteiger partial charge in [-0.05, 0) is 37.5 Å². The lowest BCUT2D eigenvalue weighted by Gasteiger charge is -2.22. The predicted molar refractivity (Wildman–Crippen MR) is 71.0 cm³/mol. The van der Waals surface area contributed by atoms with E-state index in [2.05, 4.69) is 14.9 Å². The van der Waals surface area contributed by atoms with Crippen LogP contribution < -0.4 is 4.90 Å². The van der Waals surface area contributed by atoms with E-state index in [-0.39, 0.29) is 5.28 Å². The molecule has 1 aromatic rings. The predicted octanol–water partition coefficient (Wildman–Crippen LogP) is 2.32. The molecule has 1 aromatic heterocycles. The third kappa shape index (κ3) is 3.44. The van der Waals surface area contributed by atoms with Crippen LogP contribution in [0.4, 0.5) is 5.82 Å². The molecule has 1 aliphatic heterocycles. The second-order valence-electron chi connectivity index (χ2n) is 4.28. The molecule has 1 aliphatic rings. The Kier molecular flexibility index (Phi) is 4.42. The lowest BCUT2D eigenvalue weighted by Crippen LogP contribution is -2.32. The summed E-state index contributed by atoms with van der Waals surface area (Å²) in [5, 5.41) is 0.774. The van der Waals surface area contributed by atoms with Gasteiger partial charge >= 0.3 is 0 Å². The molecule has 0 atom stereocenters. The van der Waals surface area contributed by atoms with Crippen molar-refractivity contribution < 1.29 is 0 Å².